The van der Waals surface area contributed by atoms with Gasteiger partial charge in [-0.2, -0.15) is 0 Å². The summed E-state index contributed by atoms with van der Waals surface area (Å²) in [4.78, 5) is 28.2. The van der Waals surface area contributed by atoms with E-state index in [1.54, 1.807) is 4.90 Å². The van der Waals surface area contributed by atoms with Crippen molar-refractivity contribution < 1.29 is 9.59 Å². The van der Waals surface area contributed by atoms with Gasteiger partial charge in [-0.15, -0.1) is 0 Å². The average Bonchev–Trinajstić information content (AvgIpc) is 2.65. The van der Waals surface area contributed by atoms with E-state index >= 15 is 0 Å². The van der Waals surface area contributed by atoms with Crippen molar-refractivity contribution in [2.75, 3.05) is 0 Å². The van der Waals surface area contributed by atoms with Crippen LogP contribution < -0.4 is 5.32 Å². The highest BCUT2D eigenvalue weighted by atomic mass is 16.2. The highest BCUT2D eigenvalue weighted by Gasteiger charge is 2.31. The maximum absolute atomic E-state index is 13.3. The van der Waals surface area contributed by atoms with Gasteiger partial charge in [0.25, 0.3) is 0 Å². The molecule has 2 rings (SSSR count). The molecule has 4 nitrogen and oxygen atoms in total. The molecule has 4 heteroatoms. The van der Waals surface area contributed by atoms with Gasteiger partial charge in [-0.25, -0.2) is 0 Å². The predicted octanol–water partition coefficient (Wildman–Crippen LogP) is 4.65. The Balaban J connectivity index is 2.41. The molecule has 0 radical (unpaired) electrons. The van der Waals surface area contributed by atoms with Gasteiger partial charge in [0.05, 0.1) is 0 Å². The van der Waals surface area contributed by atoms with Crippen LogP contribution in [0.25, 0.3) is 0 Å². The van der Waals surface area contributed by atoms with Crippen molar-refractivity contribution in [2.24, 2.45) is 0 Å². The molecular formula is C25H34N2O2. The molecular weight excluding hydrogens is 360 g/mol. The van der Waals surface area contributed by atoms with Gasteiger partial charge in [-0.05, 0) is 50.8 Å². The first-order valence-electron chi connectivity index (χ1n) is 10.4. The second-order valence-electron chi connectivity index (χ2n) is 8.64. The molecule has 0 aliphatic rings. The van der Waals surface area contributed by atoms with Crippen molar-refractivity contribution in [1.82, 2.24) is 10.2 Å². The summed E-state index contributed by atoms with van der Waals surface area (Å²) in [6.45, 7) is 10.4. The fraction of sp³-hybridized carbons (Fsp3) is 0.440. The van der Waals surface area contributed by atoms with Crippen LogP contribution in [0.2, 0.25) is 0 Å². The van der Waals surface area contributed by atoms with Crippen LogP contribution in [0.5, 0.6) is 0 Å². The number of aryl methyl sites for hydroxylation is 1. The molecule has 0 aromatic heterocycles. The molecule has 0 heterocycles. The first kappa shape index (κ1) is 22.7. The molecule has 1 atom stereocenters. The Bertz CT molecular complexity index is 809. The first-order valence-corrected chi connectivity index (χ1v) is 10.4. The van der Waals surface area contributed by atoms with E-state index in [-0.39, 0.29) is 17.4 Å². The van der Waals surface area contributed by atoms with Gasteiger partial charge >= 0.3 is 0 Å². The molecule has 0 saturated heterocycles. The second-order valence-corrected chi connectivity index (χ2v) is 8.64. The minimum atomic E-state index is -0.560. The number of rotatable bonds is 8. The summed E-state index contributed by atoms with van der Waals surface area (Å²) >= 11 is 0. The zero-order valence-corrected chi connectivity index (χ0v) is 18.4. The molecule has 0 unspecified atom stereocenters. The second kappa shape index (κ2) is 10.2. The Morgan fingerprint density at radius 3 is 2.21 bits per heavy atom. The van der Waals surface area contributed by atoms with E-state index in [1.807, 2.05) is 89.2 Å². The number of benzene rings is 2. The van der Waals surface area contributed by atoms with E-state index < -0.39 is 6.04 Å². The lowest BCUT2D eigenvalue weighted by Crippen LogP contribution is -2.54. The predicted molar refractivity (Wildman–Crippen MR) is 118 cm³/mol. The van der Waals surface area contributed by atoms with Crippen molar-refractivity contribution in [3.63, 3.8) is 0 Å². The Kier molecular flexibility index (Phi) is 8.00. The highest BCUT2D eigenvalue weighted by Crippen LogP contribution is 2.19. The molecule has 2 aromatic rings. The normalized spacial score (nSPS) is 12.3. The van der Waals surface area contributed by atoms with Crippen molar-refractivity contribution in [3.05, 3.63) is 71.3 Å². The number of carbonyl (C=O) groups is 2. The van der Waals surface area contributed by atoms with Gasteiger partial charge in [0.2, 0.25) is 11.8 Å². The SMILES string of the molecule is CCCC(=O)N(Cc1ccccc1C)[C@H](Cc1ccccc1)C(=O)NC(C)(C)C. The van der Waals surface area contributed by atoms with Crippen LogP contribution in [-0.2, 0) is 22.6 Å². The van der Waals surface area contributed by atoms with Crippen LogP contribution in [0, 0.1) is 6.92 Å². The fourth-order valence-corrected chi connectivity index (χ4v) is 3.34. The monoisotopic (exact) mass is 394 g/mol. The van der Waals surface area contributed by atoms with Crippen molar-refractivity contribution in [3.8, 4) is 0 Å². The van der Waals surface area contributed by atoms with Crippen LogP contribution in [0.4, 0.5) is 0 Å². The Morgan fingerprint density at radius 2 is 1.62 bits per heavy atom. The van der Waals surface area contributed by atoms with Gasteiger partial charge < -0.3 is 10.2 Å². The van der Waals surface area contributed by atoms with Crippen LogP contribution >= 0.6 is 0 Å². The third kappa shape index (κ3) is 7.04. The van der Waals surface area contributed by atoms with E-state index in [4.69, 9.17) is 0 Å². The van der Waals surface area contributed by atoms with E-state index in [9.17, 15) is 9.59 Å². The molecule has 2 amide bonds. The van der Waals surface area contributed by atoms with Gasteiger partial charge in [0.15, 0.2) is 0 Å². The number of carbonyl (C=O) groups excluding carboxylic acids is 2. The maximum Gasteiger partial charge on any atom is 0.243 e. The molecule has 0 fully saturated rings. The number of hydrogen-bond acceptors (Lipinski definition) is 2. The number of nitrogens with one attached hydrogen (secondary N) is 1. The third-order valence-electron chi connectivity index (χ3n) is 4.84. The van der Waals surface area contributed by atoms with E-state index in [2.05, 4.69) is 5.32 Å². The lowest BCUT2D eigenvalue weighted by molar-refractivity contribution is -0.142. The van der Waals surface area contributed by atoms with Crippen LogP contribution in [0.1, 0.15) is 57.2 Å². The van der Waals surface area contributed by atoms with Gasteiger partial charge in [0.1, 0.15) is 6.04 Å². The summed E-state index contributed by atoms with van der Waals surface area (Å²) in [5.74, 6) is -0.0971. The minimum absolute atomic E-state index is 0.0146. The quantitative estimate of drug-likeness (QED) is 0.708. The number of nitrogens with zero attached hydrogens (tertiary/aromatic N) is 1. The number of hydrogen-bond donors (Lipinski definition) is 1. The van der Waals surface area contributed by atoms with E-state index in [0.29, 0.717) is 19.4 Å². The van der Waals surface area contributed by atoms with Crippen LogP contribution in [0.3, 0.4) is 0 Å². The fourth-order valence-electron chi connectivity index (χ4n) is 3.34. The molecule has 0 aliphatic carbocycles. The average molecular weight is 395 g/mol. The summed E-state index contributed by atoms with van der Waals surface area (Å²) < 4.78 is 0. The summed E-state index contributed by atoms with van der Waals surface area (Å²) in [7, 11) is 0. The molecule has 0 spiro atoms. The lowest BCUT2D eigenvalue weighted by atomic mass is 9.99. The zero-order valence-electron chi connectivity index (χ0n) is 18.4. The standard InChI is InChI=1S/C25H34N2O2/c1-6-12-23(28)27(18-21-16-11-10-13-19(21)2)22(24(29)26-25(3,4)5)17-20-14-8-7-9-15-20/h7-11,13-16,22H,6,12,17-18H2,1-5H3,(H,26,29)/t22-/m1/s1. The minimum Gasteiger partial charge on any atom is -0.350 e. The Hall–Kier alpha value is -2.62. The third-order valence-corrected chi connectivity index (χ3v) is 4.84. The zero-order chi connectivity index (χ0) is 21.4. The van der Waals surface area contributed by atoms with E-state index in [0.717, 1.165) is 23.1 Å². The molecule has 2 aromatic carbocycles. The van der Waals surface area contributed by atoms with Gasteiger partial charge in [-0.1, -0.05) is 61.5 Å². The van der Waals surface area contributed by atoms with Crippen molar-refractivity contribution in [1.29, 1.82) is 0 Å². The maximum atomic E-state index is 13.3. The molecule has 0 aliphatic heterocycles. The summed E-state index contributed by atoms with van der Waals surface area (Å²) in [6.07, 6.45) is 1.67. The van der Waals surface area contributed by atoms with E-state index in [1.165, 1.54) is 0 Å². The summed E-state index contributed by atoms with van der Waals surface area (Å²) in [5.41, 5.74) is 2.87. The first-order chi connectivity index (χ1) is 13.7. The van der Waals surface area contributed by atoms with Crippen LogP contribution in [-0.4, -0.2) is 28.3 Å². The topological polar surface area (TPSA) is 49.4 Å². The molecule has 0 saturated carbocycles. The Morgan fingerprint density at radius 1 is 1.00 bits per heavy atom. The Labute approximate surface area is 175 Å². The van der Waals surface area contributed by atoms with Gasteiger partial charge in [-0.3, -0.25) is 9.59 Å². The number of amides is 2. The molecule has 1 N–H and O–H groups in total. The molecule has 29 heavy (non-hydrogen) atoms. The van der Waals surface area contributed by atoms with Crippen molar-refractivity contribution >= 4 is 11.8 Å². The lowest BCUT2D eigenvalue weighted by Gasteiger charge is -2.34. The van der Waals surface area contributed by atoms with Gasteiger partial charge in [0, 0.05) is 24.9 Å². The molecule has 0 bridgehead atoms. The largest absolute Gasteiger partial charge is 0.350 e. The van der Waals surface area contributed by atoms with Crippen LogP contribution in [0.15, 0.2) is 54.6 Å². The summed E-state index contributed by atoms with van der Waals surface area (Å²) in [6, 6.07) is 17.4. The smallest absolute Gasteiger partial charge is 0.243 e. The summed E-state index contributed by atoms with van der Waals surface area (Å²) in [5, 5.41) is 3.08. The molecule has 156 valence electrons. The highest BCUT2D eigenvalue weighted by molar-refractivity contribution is 5.88. The van der Waals surface area contributed by atoms with Crippen molar-refractivity contribution in [2.45, 2.75) is 72.0 Å².